The van der Waals surface area contributed by atoms with Crippen LogP contribution >= 0.6 is 24.0 Å². The summed E-state index contributed by atoms with van der Waals surface area (Å²) >= 11 is 0. The van der Waals surface area contributed by atoms with E-state index in [1.807, 2.05) is 39.0 Å². The van der Waals surface area contributed by atoms with Gasteiger partial charge in [-0.1, -0.05) is 19.1 Å². The lowest BCUT2D eigenvalue weighted by Gasteiger charge is -2.13. The molecule has 27 heavy (non-hydrogen) atoms. The number of imidazole rings is 1. The number of aryl methyl sites for hydroxylation is 2. The normalized spacial score (nSPS) is 12.4. The van der Waals surface area contributed by atoms with Gasteiger partial charge in [-0.05, 0) is 32.4 Å². The van der Waals surface area contributed by atoms with Crippen LogP contribution in [0.15, 0.2) is 29.3 Å². The summed E-state index contributed by atoms with van der Waals surface area (Å²) < 4.78 is 6.97. The molecular weight excluding hydrogens is 457 g/mol. The number of benzene rings is 1. The molecule has 0 bridgehead atoms. The second-order valence-corrected chi connectivity index (χ2v) is 6.22. The van der Waals surface area contributed by atoms with Crippen molar-refractivity contribution >= 4 is 46.9 Å². The van der Waals surface area contributed by atoms with Gasteiger partial charge in [0.05, 0.1) is 30.6 Å². The number of rotatable bonds is 8. The summed E-state index contributed by atoms with van der Waals surface area (Å²) in [7, 11) is 1.40. The predicted molar refractivity (Wildman–Crippen MR) is 120 cm³/mol. The van der Waals surface area contributed by atoms with Crippen LogP contribution in [0.25, 0.3) is 11.0 Å². The van der Waals surface area contributed by atoms with Gasteiger partial charge < -0.3 is 19.9 Å². The fourth-order valence-electron chi connectivity index (χ4n) is 2.77. The third kappa shape index (κ3) is 6.67. The first-order valence-electron chi connectivity index (χ1n) is 9.08. The molecule has 7 nitrogen and oxygen atoms in total. The molecule has 2 rings (SSSR count). The highest BCUT2D eigenvalue weighted by Gasteiger charge is 2.12. The molecule has 2 N–H and O–H groups in total. The summed E-state index contributed by atoms with van der Waals surface area (Å²) in [5.41, 5.74) is 2.20. The summed E-state index contributed by atoms with van der Waals surface area (Å²) in [5, 5.41) is 6.51. The van der Waals surface area contributed by atoms with Crippen molar-refractivity contribution in [2.45, 2.75) is 33.7 Å². The van der Waals surface area contributed by atoms with Crippen molar-refractivity contribution in [1.29, 1.82) is 0 Å². The number of carbonyl (C=O) groups is 1. The Hall–Kier alpha value is -1.84. The molecular formula is C19H30IN5O2. The molecule has 0 aliphatic carbocycles. The molecule has 0 aliphatic rings. The summed E-state index contributed by atoms with van der Waals surface area (Å²) in [6.45, 7) is 8.69. The van der Waals surface area contributed by atoms with Gasteiger partial charge in [0.25, 0.3) is 0 Å². The Morgan fingerprint density at radius 3 is 2.78 bits per heavy atom. The largest absolute Gasteiger partial charge is 0.469 e. The first kappa shape index (κ1) is 23.2. The molecule has 0 saturated heterocycles. The molecule has 1 aromatic carbocycles. The number of guanidine groups is 1. The van der Waals surface area contributed by atoms with Gasteiger partial charge >= 0.3 is 5.97 Å². The number of para-hydroxylation sites is 2. The number of methoxy groups -OCH3 is 1. The minimum Gasteiger partial charge on any atom is -0.469 e. The number of hydrogen-bond acceptors (Lipinski definition) is 4. The van der Waals surface area contributed by atoms with Crippen molar-refractivity contribution in [3.05, 3.63) is 30.1 Å². The molecule has 0 amide bonds. The molecule has 1 aromatic heterocycles. The zero-order valence-electron chi connectivity index (χ0n) is 16.5. The molecule has 8 heteroatoms. The lowest BCUT2D eigenvalue weighted by atomic mass is 10.2. The van der Waals surface area contributed by atoms with Gasteiger partial charge in [-0.2, -0.15) is 0 Å². The second kappa shape index (κ2) is 11.8. The molecule has 1 atom stereocenters. The van der Waals surface area contributed by atoms with E-state index in [0.717, 1.165) is 48.9 Å². The summed E-state index contributed by atoms with van der Waals surface area (Å²) in [6, 6.07) is 8.18. The zero-order chi connectivity index (χ0) is 18.9. The van der Waals surface area contributed by atoms with Crippen molar-refractivity contribution in [2.24, 2.45) is 10.9 Å². The van der Waals surface area contributed by atoms with Crippen LogP contribution in [-0.2, 0) is 16.1 Å². The number of nitrogens with zero attached hydrogens (tertiary/aromatic N) is 3. The number of aliphatic imine (C=N–C) groups is 1. The van der Waals surface area contributed by atoms with Crippen molar-refractivity contribution in [1.82, 2.24) is 20.2 Å². The van der Waals surface area contributed by atoms with E-state index in [1.165, 1.54) is 7.11 Å². The van der Waals surface area contributed by atoms with E-state index in [9.17, 15) is 4.79 Å². The minimum absolute atomic E-state index is 0. The monoisotopic (exact) mass is 487 g/mol. The highest BCUT2D eigenvalue weighted by molar-refractivity contribution is 14.0. The Bertz CT molecular complexity index is 760. The maximum absolute atomic E-state index is 11.5. The van der Waals surface area contributed by atoms with E-state index in [0.29, 0.717) is 6.54 Å². The fourth-order valence-corrected chi connectivity index (χ4v) is 2.77. The average molecular weight is 487 g/mol. The number of esters is 1. The van der Waals surface area contributed by atoms with E-state index in [4.69, 9.17) is 4.74 Å². The Morgan fingerprint density at radius 2 is 2.07 bits per heavy atom. The highest BCUT2D eigenvalue weighted by Crippen LogP contribution is 2.15. The smallest absolute Gasteiger partial charge is 0.310 e. The van der Waals surface area contributed by atoms with Crippen LogP contribution in [0.5, 0.6) is 0 Å². The Kier molecular flexibility index (Phi) is 10.1. The lowest BCUT2D eigenvalue weighted by molar-refractivity contribution is -0.144. The summed E-state index contributed by atoms with van der Waals surface area (Å²) in [5.74, 6) is 1.25. The predicted octanol–water partition coefficient (Wildman–Crippen LogP) is 2.72. The second-order valence-electron chi connectivity index (χ2n) is 6.22. The van der Waals surface area contributed by atoms with Crippen LogP contribution in [0.4, 0.5) is 0 Å². The van der Waals surface area contributed by atoms with E-state index < -0.39 is 0 Å². The number of ether oxygens (including phenoxy) is 1. The molecule has 0 saturated carbocycles. The third-order valence-electron chi connectivity index (χ3n) is 4.17. The molecule has 150 valence electrons. The van der Waals surface area contributed by atoms with Crippen molar-refractivity contribution < 1.29 is 9.53 Å². The number of halogens is 1. The number of fused-ring (bicyclic) bond motifs is 1. The van der Waals surface area contributed by atoms with Crippen LogP contribution < -0.4 is 10.6 Å². The zero-order valence-corrected chi connectivity index (χ0v) is 18.8. The number of hydrogen-bond donors (Lipinski definition) is 2. The van der Waals surface area contributed by atoms with E-state index >= 15 is 0 Å². The fraction of sp³-hybridized carbons (Fsp3) is 0.526. The van der Waals surface area contributed by atoms with Crippen molar-refractivity contribution in [3.8, 4) is 0 Å². The molecule has 0 radical (unpaired) electrons. The lowest BCUT2D eigenvalue weighted by Crippen LogP contribution is -2.38. The van der Waals surface area contributed by atoms with Crippen molar-refractivity contribution in [3.63, 3.8) is 0 Å². The summed E-state index contributed by atoms with van der Waals surface area (Å²) in [6.07, 6.45) is 0.943. The Labute approximate surface area is 178 Å². The van der Waals surface area contributed by atoms with Gasteiger partial charge in [-0.3, -0.25) is 9.79 Å². The van der Waals surface area contributed by atoms with Gasteiger partial charge in [-0.15, -0.1) is 24.0 Å². The molecule has 1 heterocycles. The van der Waals surface area contributed by atoms with E-state index in [1.54, 1.807) is 0 Å². The molecule has 0 fully saturated rings. The SMILES string of the molecule is CCNC(=NCC(C)C(=O)OC)NCCCn1c(C)nc2ccccc21.I. The first-order valence-corrected chi connectivity index (χ1v) is 9.08. The molecule has 0 spiro atoms. The van der Waals surface area contributed by atoms with Gasteiger partial charge in [0.15, 0.2) is 5.96 Å². The van der Waals surface area contributed by atoms with Gasteiger partial charge in [0.2, 0.25) is 0 Å². The quantitative estimate of drug-likeness (QED) is 0.197. The average Bonchev–Trinajstić information content (AvgIpc) is 2.97. The maximum atomic E-state index is 11.5. The van der Waals surface area contributed by atoms with Crippen LogP contribution in [-0.4, -0.2) is 48.2 Å². The molecule has 1 unspecified atom stereocenters. The van der Waals surface area contributed by atoms with Gasteiger partial charge in [0.1, 0.15) is 5.82 Å². The minimum atomic E-state index is -0.254. The first-order chi connectivity index (χ1) is 12.6. The molecule has 2 aromatic rings. The maximum Gasteiger partial charge on any atom is 0.310 e. The number of aromatic nitrogens is 2. The van der Waals surface area contributed by atoms with Gasteiger partial charge in [0, 0.05) is 19.6 Å². The number of carbonyl (C=O) groups excluding carboxylic acids is 1. The highest BCUT2D eigenvalue weighted by atomic mass is 127. The van der Waals surface area contributed by atoms with Gasteiger partial charge in [-0.25, -0.2) is 4.98 Å². The van der Waals surface area contributed by atoms with Crippen LogP contribution in [0.1, 0.15) is 26.1 Å². The number of nitrogens with one attached hydrogen (secondary N) is 2. The summed E-state index contributed by atoms with van der Waals surface area (Å²) in [4.78, 5) is 20.5. The van der Waals surface area contributed by atoms with Crippen LogP contribution in [0.2, 0.25) is 0 Å². The van der Waals surface area contributed by atoms with E-state index in [2.05, 4.69) is 31.2 Å². The standard InChI is InChI=1S/C19H29N5O2.HI/c1-5-20-19(22-13-14(2)18(25)26-4)21-11-8-12-24-15(3)23-16-9-6-7-10-17(16)24;/h6-7,9-10,14H,5,8,11-13H2,1-4H3,(H2,20,21,22);1H. The molecule has 0 aliphatic heterocycles. The van der Waals surface area contributed by atoms with E-state index in [-0.39, 0.29) is 35.9 Å². The van der Waals surface area contributed by atoms with Crippen LogP contribution in [0.3, 0.4) is 0 Å². The van der Waals surface area contributed by atoms with Crippen LogP contribution in [0, 0.1) is 12.8 Å². The topological polar surface area (TPSA) is 80.5 Å². The third-order valence-corrected chi connectivity index (χ3v) is 4.17. The Morgan fingerprint density at radius 1 is 1.33 bits per heavy atom. The van der Waals surface area contributed by atoms with Crippen molar-refractivity contribution in [2.75, 3.05) is 26.7 Å². The Balaban J connectivity index is 0.00000364.